The quantitative estimate of drug-likeness (QED) is 0.863. The van der Waals surface area contributed by atoms with Crippen molar-refractivity contribution in [2.75, 3.05) is 0 Å². The van der Waals surface area contributed by atoms with Crippen LogP contribution in [0.3, 0.4) is 0 Å². The van der Waals surface area contributed by atoms with E-state index in [9.17, 15) is 4.79 Å². The van der Waals surface area contributed by atoms with Crippen LogP contribution in [0, 0.1) is 11.3 Å². The molecule has 2 rings (SSSR count). The molecular weight excluding hydrogens is 250 g/mol. The minimum absolute atomic E-state index is 0.00119. The van der Waals surface area contributed by atoms with E-state index in [0.29, 0.717) is 12.0 Å². The van der Waals surface area contributed by atoms with Gasteiger partial charge < -0.3 is 11.1 Å². The van der Waals surface area contributed by atoms with E-state index < -0.39 is 6.04 Å². The summed E-state index contributed by atoms with van der Waals surface area (Å²) in [6.45, 7) is 3.99. The number of nitrogens with two attached hydrogens (primary N) is 1. The number of hydrogen-bond donors (Lipinski definition) is 2. The summed E-state index contributed by atoms with van der Waals surface area (Å²) in [6.07, 6.45) is 2.44. The summed E-state index contributed by atoms with van der Waals surface area (Å²) in [5.74, 6) is -0.00119. The molecule has 3 N–H and O–H groups in total. The first kappa shape index (κ1) is 14.4. The predicted molar refractivity (Wildman–Crippen MR) is 78.0 cm³/mol. The van der Waals surface area contributed by atoms with Gasteiger partial charge in [0.1, 0.15) is 0 Å². The normalized spacial score (nSPS) is 23.0. The van der Waals surface area contributed by atoms with Crippen molar-refractivity contribution in [3.05, 3.63) is 47.0 Å². The lowest BCUT2D eigenvalue weighted by atomic mass is 9.95. The molecule has 0 saturated heterocycles. The fraction of sp³-hybridized carbons (Fsp3) is 0.375. The van der Waals surface area contributed by atoms with Gasteiger partial charge >= 0.3 is 0 Å². The predicted octanol–water partition coefficient (Wildman–Crippen LogP) is 1.30. The van der Waals surface area contributed by atoms with Crippen LogP contribution in [0.1, 0.15) is 25.0 Å². The maximum atomic E-state index is 12.3. The van der Waals surface area contributed by atoms with E-state index >= 15 is 0 Å². The van der Waals surface area contributed by atoms with Crippen LogP contribution >= 0.6 is 0 Å². The molecule has 0 aromatic heterocycles. The summed E-state index contributed by atoms with van der Waals surface area (Å²) in [4.78, 5) is 12.3. The largest absolute Gasteiger partial charge is 0.321 e. The summed E-state index contributed by atoms with van der Waals surface area (Å²) >= 11 is 0. The van der Waals surface area contributed by atoms with E-state index in [0.717, 1.165) is 11.1 Å². The molecule has 1 aromatic carbocycles. The summed E-state index contributed by atoms with van der Waals surface area (Å²) in [6, 6.07) is 8.99. The van der Waals surface area contributed by atoms with Gasteiger partial charge in [0.15, 0.2) is 5.78 Å². The highest BCUT2D eigenvalue weighted by atomic mass is 16.1. The van der Waals surface area contributed by atoms with E-state index in [1.54, 1.807) is 12.1 Å². The Morgan fingerprint density at radius 2 is 2.05 bits per heavy atom. The van der Waals surface area contributed by atoms with Gasteiger partial charge in [0, 0.05) is 17.7 Å². The van der Waals surface area contributed by atoms with Gasteiger partial charge in [-0.3, -0.25) is 4.79 Å². The lowest BCUT2D eigenvalue weighted by Crippen LogP contribution is -2.37. The summed E-state index contributed by atoms with van der Waals surface area (Å²) < 4.78 is 0. The van der Waals surface area contributed by atoms with Crippen molar-refractivity contribution in [2.45, 2.75) is 38.4 Å². The molecule has 1 aromatic rings. The number of Topliss-reactive ketones (excluding diaryl/α,β-unsaturated/α-hetero) is 1. The molecule has 0 bridgehead atoms. The van der Waals surface area contributed by atoms with Gasteiger partial charge in [0.05, 0.1) is 17.7 Å². The number of hydrogen-bond acceptors (Lipinski definition) is 4. The topological polar surface area (TPSA) is 78.9 Å². The molecule has 4 nitrogen and oxygen atoms in total. The van der Waals surface area contributed by atoms with Gasteiger partial charge in [-0.05, 0) is 38.0 Å². The first-order valence-electron chi connectivity index (χ1n) is 6.78. The van der Waals surface area contributed by atoms with Gasteiger partial charge in [0.2, 0.25) is 0 Å². The lowest BCUT2D eigenvalue weighted by Gasteiger charge is -2.15. The van der Waals surface area contributed by atoms with E-state index in [1.165, 1.54) is 0 Å². The van der Waals surface area contributed by atoms with Crippen molar-refractivity contribution in [1.82, 2.24) is 5.32 Å². The van der Waals surface area contributed by atoms with Crippen LogP contribution in [0.15, 0.2) is 35.9 Å². The van der Waals surface area contributed by atoms with E-state index in [-0.39, 0.29) is 17.9 Å². The Labute approximate surface area is 119 Å². The first-order valence-corrected chi connectivity index (χ1v) is 6.78. The van der Waals surface area contributed by atoms with Crippen LogP contribution in [0.25, 0.3) is 0 Å². The zero-order valence-electron chi connectivity index (χ0n) is 11.8. The van der Waals surface area contributed by atoms with Crippen molar-refractivity contribution in [2.24, 2.45) is 5.73 Å². The third-order valence-corrected chi connectivity index (χ3v) is 3.57. The third-order valence-electron chi connectivity index (χ3n) is 3.57. The highest BCUT2D eigenvalue weighted by Crippen LogP contribution is 2.16. The number of rotatable bonds is 4. The summed E-state index contributed by atoms with van der Waals surface area (Å²) in [5.41, 5.74) is 8.38. The van der Waals surface area contributed by atoms with Gasteiger partial charge in [-0.1, -0.05) is 18.2 Å². The van der Waals surface area contributed by atoms with Gasteiger partial charge in [-0.25, -0.2) is 0 Å². The maximum Gasteiger partial charge on any atom is 0.177 e. The fourth-order valence-electron chi connectivity index (χ4n) is 2.52. The Morgan fingerprint density at radius 1 is 1.40 bits per heavy atom. The minimum atomic E-state index is -0.538. The molecule has 1 heterocycles. The SMILES string of the molecule is CC1C=C(C(=O)C(N)Cc2ccc(C#N)cc2)C(C)N1. The molecule has 0 radical (unpaired) electrons. The first-order chi connectivity index (χ1) is 9.51. The Morgan fingerprint density at radius 3 is 2.55 bits per heavy atom. The number of nitrogens with zero attached hydrogens (tertiary/aromatic N) is 1. The second-order valence-corrected chi connectivity index (χ2v) is 5.28. The van der Waals surface area contributed by atoms with E-state index in [2.05, 4.69) is 11.4 Å². The molecule has 0 spiro atoms. The molecule has 0 amide bonds. The van der Waals surface area contributed by atoms with Crippen molar-refractivity contribution >= 4 is 5.78 Å². The number of nitriles is 1. The lowest BCUT2D eigenvalue weighted by molar-refractivity contribution is -0.116. The van der Waals surface area contributed by atoms with Crippen LogP contribution in [0.2, 0.25) is 0 Å². The Balaban J connectivity index is 2.04. The second kappa shape index (κ2) is 6.00. The molecule has 1 aliphatic heterocycles. The number of carbonyl (C=O) groups excluding carboxylic acids is 1. The average molecular weight is 269 g/mol. The van der Waals surface area contributed by atoms with E-state index in [1.807, 2.05) is 32.1 Å². The van der Waals surface area contributed by atoms with E-state index in [4.69, 9.17) is 11.0 Å². The van der Waals surface area contributed by atoms with Crippen LogP contribution < -0.4 is 11.1 Å². The van der Waals surface area contributed by atoms with Gasteiger partial charge in [-0.2, -0.15) is 5.26 Å². The Hall–Kier alpha value is -1.96. The molecule has 4 heteroatoms. The average Bonchev–Trinajstić information content (AvgIpc) is 2.77. The van der Waals surface area contributed by atoms with Gasteiger partial charge in [-0.15, -0.1) is 0 Å². The van der Waals surface area contributed by atoms with Crippen LogP contribution in [0.4, 0.5) is 0 Å². The molecular formula is C16H19N3O. The number of benzene rings is 1. The number of ketones is 1. The monoisotopic (exact) mass is 269 g/mol. The number of nitrogens with one attached hydrogen (secondary N) is 1. The highest BCUT2D eigenvalue weighted by molar-refractivity contribution is 6.01. The standard InChI is InChI=1S/C16H19N3O/c1-10-7-14(11(2)19-10)16(20)15(18)8-12-3-5-13(9-17)6-4-12/h3-7,10-11,15,19H,8,18H2,1-2H3. The highest BCUT2D eigenvalue weighted by Gasteiger charge is 2.27. The molecule has 0 fully saturated rings. The molecule has 104 valence electrons. The Kier molecular flexibility index (Phi) is 4.33. The van der Waals surface area contributed by atoms with Crippen molar-refractivity contribution in [1.29, 1.82) is 5.26 Å². The van der Waals surface area contributed by atoms with Crippen molar-refractivity contribution in [3.63, 3.8) is 0 Å². The van der Waals surface area contributed by atoms with Gasteiger partial charge in [0.25, 0.3) is 0 Å². The van der Waals surface area contributed by atoms with Crippen molar-refractivity contribution < 1.29 is 4.79 Å². The summed E-state index contributed by atoms with van der Waals surface area (Å²) in [7, 11) is 0. The molecule has 0 saturated carbocycles. The molecule has 0 aliphatic carbocycles. The summed E-state index contributed by atoms with van der Waals surface area (Å²) in [5, 5.41) is 12.0. The smallest absolute Gasteiger partial charge is 0.177 e. The molecule has 3 atom stereocenters. The van der Waals surface area contributed by atoms with Crippen LogP contribution in [0.5, 0.6) is 0 Å². The van der Waals surface area contributed by atoms with Crippen LogP contribution in [-0.2, 0) is 11.2 Å². The van der Waals surface area contributed by atoms with Crippen LogP contribution in [-0.4, -0.2) is 23.9 Å². The second-order valence-electron chi connectivity index (χ2n) is 5.28. The minimum Gasteiger partial charge on any atom is -0.321 e. The zero-order chi connectivity index (χ0) is 14.7. The molecule has 20 heavy (non-hydrogen) atoms. The maximum absolute atomic E-state index is 12.3. The number of carbonyl (C=O) groups is 1. The third kappa shape index (κ3) is 3.13. The Bertz CT molecular complexity index is 568. The van der Waals surface area contributed by atoms with Crippen molar-refractivity contribution in [3.8, 4) is 6.07 Å². The molecule has 1 aliphatic rings. The fourth-order valence-corrected chi connectivity index (χ4v) is 2.52. The molecule has 3 unspecified atom stereocenters. The zero-order valence-corrected chi connectivity index (χ0v) is 11.8.